The number of rotatable bonds is 2. The highest BCUT2D eigenvalue weighted by atomic mass is 35.5. The van der Waals surface area contributed by atoms with Crippen molar-refractivity contribution in [2.75, 3.05) is 5.88 Å². The molecule has 0 bridgehead atoms. The quantitative estimate of drug-likeness (QED) is 0.632. The highest BCUT2D eigenvalue weighted by Gasteiger charge is 2.70. The average Bonchev–Trinajstić information content (AvgIpc) is 2.96. The van der Waals surface area contributed by atoms with Crippen LogP contribution in [0.1, 0.15) is 53.4 Å². The van der Waals surface area contributed by atoms with Crippen molar-refractivity contribution in [2.45, 2.75) is 70.0 Å². The minimum Gasteiger partial charge on any atom is -0.391 e. The van der Waals surface area contributed by atoms with Gasteiger partial charge in [-0.25, -0.2) is 0 Å². The number of hydrogen-bond donors (Lipinski definition) is 2. The van der Waals surface area contributed by atoms with Crippen molar-refractivity contribution in [3.63, 3.8) is 0 Å². The molecule has 0 aromatic rings. The van der Waals surface area contributed by atoms with Gasteiger partial charge in [0.05, 0.1) is 16.9 Å². The van der Waals surface area contributed by atoms with E-state index in [1.807, 2.05) is 33.8 Å². The summed E-state index contributed by atoms with van der Waals surface area (Å²) in [6.45, 7) is 7.89. The normalized spacial score (nSPS) is 47.9. The molecule has 4 aliphatic carbocycles. The van der Waals surface area contributed by atoms with Crippen LogP contribution in [-0.2, 0) is 9.59 Å². The number of hydrogen-bond acceptors (Lipinski definition) is 4. The fraction of sp³-hybridized carbons (Fsp3) is 0.739. The maximum absolute atomic E-state index is 12.5. The molecule has 2 N–H and O–H groups in total. The van der Waals surface area contributed by atoms with Gasteiger partial charge in [0.1, 0.15) is 5.60 Å². The number of ketones is 2. The van der Waals surface area contributed by atoms with E-state index in [1.54, 1.807) is 12.2 Å². The summed E-state index contributed by atoms with van der Waals surface area (Å²) in [5.41, 5.74) is -1.14. The number of aliphatic hydroxyl groups is 2. The van der Waals surface area contributed by atoms with Gasteiger partial charge in [0, 0.05) is 11.3 Å². The molecule has 6 heteroatoms. The highest BCUT2D eigenvalue weighted by molar-refractivity contribution is 6.29. The Hall–Kier alpha value is -0.680. The van der Waals surface area contributed by atoms with Crippen LogP contribution in [0.25, 0.3) is 0 Å². The number of allylic oxidation sites excluding steroid dienone is 4. The Morgan fingerprint density at radius 3 is 2.55 bits per heavy atom. The van der Waals surface area contributed by atoms with Crippen molar-refractivity contribution in [3.05, 3.63) is 23.8 Å². The monoisotopic (exact) mass is 442 g/mol. The maximum atomic E-state index is 12.5. The van der Waals surface area contributed by atoms with Crippen molar-refractivity contribution >= 4 is 34.8 Å². The van der Waals surface area contributed by atoms with Crippen molar-refractivity contribution in [1.82, 2.24) is 0 Å². The van der Waals surface area contributed by atoms with Gasteiger partial charge >= 0.3 is 0 Å². The third kappa shape index (κ3) is 2.93. The van der Waals surface area contributed by atoms with E-state index in [0.717, 1.165) is 18.4 Å². The van der Waals surface area contributed by atoms with Crippen LogP contribution in [0.5, 0.6) is 0 Å². The molecule has 3 saturated carbocycles. The van der Waals surface area contributed by atoms with Crippen molar-refractivity contribution in [3.8, 4) is 0 Å². The van der Waals surface area contributed by atoms with E-state index in [1.165, 1.54) is 0 Å². The van der Waals surface area contributed by atoms with Crippen molar-refractivity contribution in [2.24, 2.45) is 29.1 Å². The van der Waals surface area contributed by atoms with Crippen LogP contribution < -0.4 is 0 Å². The van der Waals surface area contributed by atoms with Gasteiger partial charge in [0.25, 0.3) is 0 Å². The second-order valence-corrected chi connectivity index (χ2v) is 9.95. The predicted molar refractivity (Wildman–Crippen MR) is 115 cm³/mol. The molecule has 0 aromatic carbocycles. The lowest BCUT2D eigenvalue weighted by atomic mass is 9.49. The summed E-state index contributed by atoms with van der Waals surface area (Å²) in [5, 5.41) is 22.5. The standard InChI is InChI=1S/C21H26Cl2O4.C2H6/c1-11-7-14-15-4-3-12-8-13(24)5-6-19(12,2)21(15,23)17(25)9-16(14)20(11,27)18(26)10-22;1-2/h5-6,8,11,14-17,25,27H,3-4,7,9-10H2,1-2H3;1-2H3/t11-,14+,15?,16?,17+,19+,20-,21+;/m1./s1. The summed E-state index contributed by atoms with van der Waals surface area (Å²) in [7, 11) is 0. The van der Waals surface area contributed by atoms with Gasteiger partial charge in [-0.15, -0.1) is 23.2 Å². The largest absolute Gasteiger partial charge is 0.391 e. The SMILES string of the molecule is CC.C[C@@H]1C[C@@H]2C(C[C@H](O)[C@@]3(Cl)C2CCC2=CC(=O)C=C[C@@]23C)[C@@]1(O)C(=O)CCl. The Kier molecular flexibility index (Phi) is 6.17. The maximum Gasteiger partial charge on any atom is 0.179 e. The summed E-state index contributed by atoms with van der Waals surface area (Å²) in [4.78, 5) is 23.4. The molecule has 0 saturated heterocycles. The minimum absolute atomic E-state index is 0.0408. The van der Waals surface area contributed by atoms with Gasteiger partial charge in [0.15, 0.2) is 11.6 Å². The lowest BCUT2D eigenvalue weighted by Gasteiger charge is -2.61. The summed E-state index contributed by atoms with van der Waals surface area (Å²) in [6.07, 6.45) is 6.58. The second-order valence-electron chi connectivity index (χ2n) is 9.06. The minimum atomic E-state index is -1.50. The first-order valence-corrected chi connectivity index (χ1v) is 11.6. The fourth-order valence-corrected chi connectivity index (χ4v) is 7.46. The molecule has 4 aliphatic rings. The van der Waals surface area contributed by atoms with Crippen LogP contribution in [0.15, 0.2) is 23.8 Å². The number of halogens is 2. The molecular formula is C23H32Cl2O4. The topological polar surface area (TPSA) is 74.6 Å². The summed E-state index contributed by atoms with van der Waals surface area (Å²) in [6, 6.07) is 0. The highest BCUT2D eigenvalue weighted by Crippen LogP contribution is 2.67. The number of carbonyl (C=O) groups is 2. The molecule has 4 nitrogen and oxygen atoms in total. The van der Waals surface area contributed by atoms with Crippen LogP contribution in [-0.4, -0.2) is 44.2 Å². The fourth-order valence-electron chi connectivity index (χ4n) is 6.70. The van der Waals surface area contributed by atoms with E-state index in [-0.39, 0.29) is 47.5 Å². The number of Topliss-reactive ketones (excluding diaryl/α,β-unsaturated/α-hetero) is 1. The van der Waals surface area contributed by atoms with E-state index >= 15 is 0 Å². The second kappa shape index (κ2) is 7.78. The first kappa shape index (κ1) is 23.0. The van der Waals surface area contributed by atoms with Crippen molar-refractivity contribution < 1.29 is 19.8 Å². The van der Waals surface area contributed by atoms with E-state index in [0.29, 0.717) is 6.42 Å². The summed E-state index contributed by atoms with van der Waals surface area (Å²) >= 11 is 13.1. The first-order chi connectivity index (χ1) is 13.6. The Balaban J connectivity index is 0.00000117. The molecule has 0 aromatic heterocycles. The van der Waals surface area contributed by atoms with Gasteiger partial charge in [0.2, 0.25) is 0 Å². The zero-order valence-corrected chi connectivity index (χ0v) is 19.1. The number of carbonyl (C=O) groups excluding carboxylic acids is 2. The molecule has 0 radical (unpaired) electrons. The summed E-state index contributed by atoms with van der Waals surface area (Å²) in [5.74, 6) is -1.20. The molecule has 29 heavy (non-hydrogen) atoms. The molecule has 0 aliphatic heterocycles. The van der Waals surface area contributed by atoms with Crippen LogP contribution in [0.2, 0.25) is 0 Å². The summed E-state index contributed by atoms with van der Waals surface area (Å²) < 4.78 is 0. The van der Waals surface area contributed by atoms with Gasteiger partial charge < -0.3 is 10.2 Å². The van der Waals surface area contributed by atoms with E-state index in [4.69, 9.17) is 23.2 Å². The third-order valence-corrected chi connectivity index (χ3v) is 9.30. The van der Waals surface area contributed by atoms with Crippen LogP contribution in [0, 0.1) is 29.1 Å². The molecule has 3 fully saturated rings. The van der Waals surface area contributed by atoms with Gasteiger partial charge in [-0.2, -0.15) is 0 Å². The van der Waals surface area contributed by atoms with Crippen LogP contribution in [0.4, 0.5) is 0 Å². The van der Waals surface area contributed by atoms with Gasteiger partial charge in [-0.3, -0.25) is 9.59 Å². The molecule has 4 rings (SSSR count). The Morgan fingerprint density at radius 2 is 1.93 bits per heavy atom. The molecule has 162 valence electrons. The zero-order chi connectivity index (χ0) is 21.8. The molecule has 2 unspecified atom stereocenters. The predicted octanol–water partition coefficient (Wildman–Crippen LogP) is 4.05. The lowest BCUT2D eigenvalue weighted by molar-refractivity contribution is -0.152. The van der Waals surface area contributed by atoms with E-state index < -0.39 is 22.0 Å². The first-order valence-electron chi connectivity index (χ1n) is 10.7. The van der Waals surface area contributed by atoms with Crippen molar-refractivity contribution in [1.29, 1.82) is 0 Å². The smallest absolute Gasteiger partial charge is 0.179 e. The molecule has 8 atom stereocenters. The van der Waals surface area contributed by atoms with Crippen LogP contribution in [0.3, 0.4) is 0 Å². The third-order valence-electron chi connectivity index (χ3n) is 8.13. The molecule has 0 heterocycles. The Labute approximate surface area is 183 Å². The Morgan fingerprint density at radius 1 is 1.28 bits per heavy atom. The number of fused-ring (bicyclic) bond motifs is 5. The zero-order valence-electron chi connectivity index (χ0n) is 17.6. The van der Waals surface area contributed by atoms with Crippen LogP contribution >= 0.6 is 23.2 Å². The van der Waals surface area contributed by atoms with Gasteiger partial charge in [-0.1, -0.05) is 39.3 Å². The lowest BCUT2D eigenvalue weighted by Crippen LogP contribution is -2.65. The number of aliphatic hydroxyl groups excluding tert-OH is 1. The number of alkyl halides is 2. The molecular weight excluding hydrogens is 411 g/mol. The van der Waals surface area contributed by atoms with E-state index in [2.05, 4.69) is 0 Å². The molecule has 0 spiro atoms. The Bertz CT molecular complexity index is 762. The average molecular weight is 443 g/mol. The molecule has 0 amide bonds. The van der Waals surface area contributed by atoms with E-state index in [9.17, 15) is 19.8 Å². The van der Waals surface area contributed by atoms with Gasteiger partial charge in [-0.05, 0) is 55.6 Å².